The minimum atomic E-state index is -0.509. The van der Waals surface area contributed by atoms with Gasteiger partial charge in [-0.05, 0) is 6.07 Å². The van der Waals surface area contributed by atoms with Crippen molar-refractivity contribution in [2.75, 3.05) is 18.9 Å². The minimum absolute atomic E-state index is 0.0844. The predicted molar refractivity (Wildman–Crippen MR) is 59.1 cm³/mol. The molecular formula is C10H15N3O4. The number of hydrogen-bond acceptors (Lipinski definition) is 6. The third-order valence-corrected chi connectivity index (χ3v) is 2.94. The summed E-state index contributed by atoms with van der Waals surface area (Å²) in [6, 6.07) is 1.50. The minimum Gasteiger partial charge on any atom is -0.396 e. The molecule has 0 saturated carbocycles. The van der Waals surface area contributed by atoms with Gasteiger partial charge in [0.05, 0.1) is 12.7 Å². The van der Waals surface area contributed by atoms with Crippen LogP contribution in [-0.2, 0) is 4.74 Å². The zero-order chi connectivity index (χ0) is 12.4. The molecule has 0 aliphatic carbocycles. The van der Waals surface area contributed by atoms with Crippen molar-refractivity contribution in [1.82, 2.24) is 9.55 Å². The number of rotatable bonds is 3. The van der Waals surface area contributed by atoms with Crippen LogP contribution in [0.3, 0.4) is 0 Å². The third kappa shape index (κ3) is 2.31. The lowest BCUT2D eigenvalue weighted by Crippen LogP contribution is -2.27. The highest BCUT2D eigenvalue weighted by Gasteiger charge is 2.35. The van der Waals surface area contributed by atoms with Crippen molar-refractivity contribution in [3.63, 3.8) is 0 Å². The average molecular weight is 241 g/mol. The first kappa shape index (κ1) is 12.0. The van der Waals surface area contributed by atoms with Crippen molar-refractivity contribution in [1.29, 1.82) is 0 Å². The SMILES string of the molecule is Nc1ccn([C@H]2C[C@@H](CO)[C@H](CO)O2)c(=O)n1. The van der Waals surface area contributed by atoms with E-state index < -0.39 is 18.0 Å². The number of hydrogen-bond donors (Lipinski definition) is 3. The Morgan fingerprint density at radius 2 is 2.29 bits per heavy atom. The van der Waals surface area contributed by atoms with Gasteiger partial charge in [-0.1, -0.05) is 0 Å². The number of nitrogens with zero attached hydrogens (tertiary/aromatic N) is 2. The van der Waals surface area contributed by atoms with Gasteiger partial charge < -0.3 is 20.7 Å². The van der Waals surface area contributed by atoms with Crippen LogP contribution in [0.4, 0.5) is 5.82 Å². The summed E-state index contributed by atoms with van der Waals surface area (Å²) in [6.45, 7) is -0.266. The van der Waals surface area contributed by atoms with Gasteiger partial charge in [0, 0.05) is 25.1 Å². The Labute approximate surface area is 97.5 Å². The van der Waals surface area contributed by atoms with E-state index >= 15 is 0 Å². The molecule has 0 radical (unpaired) electrons. The Bertz CT molecular complexity index is 435. The highest BCUT2D eigenvalue weighted by molar-refractivity contribution is 5.23. The van der Waals surface area contributed by atoms with E-state index in [1.54, 1.807) is 0 Å². The van der Waals surface area contributed by atoms with Crippen molar-refractivity contribution < 1.29 is 14.9 Å². The van der Waals surface area contributed by atoms with Crippen molar-refractivity contribution in [2.45, 2.75) is 18.8 Å². The molecule has 1 aliphatic rings. The van der Waals surface area contributed by atoms with Crippen molar-refractivity contribution >= 4 is 5.82 Å². The zero-order valence-corrected chi connectivity index (χ0v) is 9.19. The smallest absolute Gasteiger partial charge is 0.351 e. The molecule has 17 heavy (non-hydrogen) atoms. The van der Waals surface area contributed by atoms with Crippen LogP contribution >= 0.6 is 0 Å². The lowest BCUT2D eigenvalue weighted by molar-refractivity contribution is -0.0365. The molecule has 1 aromatic rings. The van der Waals surface area contributed by atoms with E-state index in [1.165, 1.54) is 16.8 Å². The number of ether oxygens (including phenoxy) is 1. The molecule has 94 valence electrons. The van der Waals surface area contributed by atoms with Crippen LogP contribution in [0.15, 0.2) is 17.1 Å². The summed E-state index contributed by atoms with van der Waals surface area (Å²) in [5, 5.41) is 18.2. The monoisotopic (exact) mass is 241 g/mol. The summed E-state index contributed by atoms with van der Waals surface area (Å²) in [7, 11) is 0. The highest BCUT2D eigenvalue weighted by Crippen LogP contribution is 2.31. The Morgan fingerprint density at radius 3 is 2.82 bits per heavy atom. The van der Waals surface area contributed by atoms with Gasteiger partial charge >= 0.3 is 5.69 Å². The van der Waals surface area contributed by atoms with Gasteiger partial charge in [-0.3, -0.25) is 4.57 Å². The molecule has 1 fully saturated rings. The zero-order valence-electron chi connectivity index (χ0n) is 9.19. The van der Waals surface area contributed by atoms with E-state index in [1.807, 2.05) is 0 Å². The largest absolute Gasteiger partial charge is 0.396 e. The maximum Gasteiger partial charge on any atom is 0.351 e. The first-order valence-corrected chi connectivity index (χ1v) is 5.37. The fraction of sp³-hybridized carbons (Fsp3) is 0.600. The first-order chi connectivity index (χ1) is 8.15. The van der Waals surface area contributed by atoms with Gasteiger partial charge in [0.1, 0.15) is 12.0 Å². The lowest BCUT2D eigenvalue weighted by Gasteiger charge is -2.14. The maximum absolute atomic E-state index is 11.6. The molecule has 3 atom stereocenters. The van der Waals surface area contributed by atoms with Gasteiger partial charge in [-0.25, -0.2) is 4.79 Å². The number of aliphatic hydroxyl groups is 2. The molecule has 0 unspecified atom stereocenters. The van der Waals surface area contributed by atoms with Crippen LogP contribution in [-0.4, -0.2) is 39.1 Å². The quantitative estimate of drug-likeness (QED) is 0.607. The Hall–Kier alpha value is -1.44. The number of aliphatic hydroxyl groups excluding tert-OH is 2. The fourth-order valence-corrected chi connectivity index (χ4v) is 1.99. The van der Waals surface area contributed by atoms with E-state index in [-0.39, 0.29) is 24.9 Å². The van der Waals surface area contributed by atoms with Crippen LogP contribution in [0.5, 0.6) is 0 Å². The lowest BCUT2D eigenvalue weighted by atomic mass is 10.0. The van der Waals surface area contributed by atoms with Gasteiger partial charge in [0.2, 0.25) is 0 Å². The van der Waals surface area contributed by atoms with E-state index in [0.29, 0.717) is 6.42 Å². The topological polar surface area (TPSA) is 111 Å². The first-order valence-electron chi connectivity index (χ1n) is 5.37. The van der Waals surface area contributed by atoms with Crippen molar-refractivity contribution in [2.24, 2.45) is 5.92 Å². The molecule has 0 bridgehead atoms. The summed E-state index contributed by atoms with van der Waals surface area (Å²) in [5.74, 6) is -0.0175. The van der Waals surface area contributed by atoms with E-state index in [0.717, 1.165) is 0 Å². The summed E-state index contributed by atoms with van der Waals surface area (Å²) >= 11 is 0. The van der Waals surface area contributed by atoms with Crippen molar-refractivity contribution in [3.05, 3.63) is 22.7 Å². The summed E-state index contributed by atoms with van der Waals surface area (Å²) in [6.07, 6.45) is 1.01. The second-order valence-electron chi connectivity index (χ2n) is 4.03. The van der Waals surface area contributed by atoms with E-state index in [2.05, 4.69) is 4.98 Å². The van der Waals surface area contributed by atoms with Crippen LogP contribution in [0.25, 0.3) is 0 Å². The summed E-state index contributed by atoms with van der Waals surface area (Å²) in [4.78, 5) is 15.2. The molecule has 7 nitrogen and oxygen atoms in total. The average Bonchev–Trinajstić information content (AvgIpc) is 2.72. The van der Waals surface area contributed by atoms with Crippen molar-refractivity contribution in [3.8, 4) is 0 Å². The molecular weight excluding hydrogens is 226 g/mol. The van der Waals surface area contributed by atoms with Gasteiger partial charge in [0.25, 0.3) is 0 Å². The number of nitrogens with two attached hydrogens (primary N) is 1. The summed E-state index contributed by atoms with van der Waals surface area (Å²) < 4.78 is 6.81. The Kier molecular flexibility index (Phi) is 3.41. The highest BCUT2D eigenvalue weighted by atomic mass is 16.5. The molecule has 4 N–H and O–H groups in total. The summed E-state index contributed by atoms with van der Waals surface area (Å²) in [5.41, 5.74) is 4.89. The normalized spacial score (nSPS) is 28.5. The van der Waals surface area contributed by atoms with Gasteiger partial charge in [-0.2, -0.15) is 4.98 Å². The number of nitrogen functional groups attached to an aromatic ring is 1. The van der Waals surface area contributed by atoms with Crippen LogP contribution in [0, 0.1) is 5.92 Å². The molecule has 0 spiro atoms. The van der Waals surface area contributed by atoms with Crippen LogP contribution in [0.1, 0.15) is 12.6 Å². The Morgan fingerprint density at radius 1 is 1.53 bits per heavy atom. The van der Waals surface area contributed by atoms with Crippen LogP contribution in [0.2, 0.25) is 0 Å². The van der Waals surface area contributed by atoms with Gasteiger partial charge in [0.15, 0.2) is 0 Å². The van der Waals surface area contributed by atoms with Crippen LogP contribution < -0.4 is 11.4 Å². The molecule has 1 aromatic heterocycles. The number of anilines is 1. The maximum atomic E-state index is 11.6. The standard InChI is InChI=1S/C10H15N3O4/c11-8-1-2-13(10(16)12-8)9-3-6(4-14)7(5-15)17-9/h1-2,6-7,9,14-15H,3-5H2,(H2,11,12,16)/t6-,7-,9+/m0/s1. The molecule has 0 amide bonds. The second kappa shape index (κ2) is 4.82. The molecule has 7 heteroatoms. The predicted octanol–water partition coefficient (Wildman–Crippen LogP) is -1.29. The number of aromatic nitrogens is 2. The molecule has 2 rings (SSSR count). The van der Waals surface area contributed by atoms with E-state index in [9.17, 15) is 4.79 Å². The Balaban J connectivity index is 2.22. The fourth-order valence-electron chi connectivity index (χ4n) is 1.99. The van der Waals surface area contributed by atoms with E-state index in [4.69, 9.17) is 20.7 Å². The molecule has 0 aromatic carbocycles. The molecule has 1 saturated heterocycles. The second-order valence-corrected chi connectivity index (χ2v) is 4.03. The van der Waals surface area contributed by atoms with Gasteiger partial charge in [-0.15, -0.1) is 0 Å². The molecule has 2 heterocycles. The molecule has 1 aliphatic heterocycles. The third-order valence-electron chi connectivity index (χ3n) is 2.94.